The number of carboxylic acid groups (broad SMARTS) is 1. The second kappa shape index (κ2) is 10.3. The number of fused-ring (bicyclic) bond motifs is 2. The number of carboxylic acids is 1. The van der Waals surface area contributed by atoms with Crippen LogP contribution in [0.5, 0.6) is 5.75 Å². The Morgan fingerprint density at radius 2 is 1.77 bits per heavy atom. The highest BCUT2D eigenvalue weighted by Gasteiger charge is 2.28. The van der Waals surface area contributed by atoms with Gasteiger partial charge in [-0.1, -0.05) is 30.3 Å². The van der Waals surface area contributed by atoms with Gasteiger partial charge in [0.2, 0.25) is 5.43 Å². The van der Waals surface area contributed by atoms with Gasteiger partial charge in [-0.05, 0) is 47.9 Å². The molecule has 1 aliphatic heterocycles. The molecule has 1 saturated heterocycles. The molecule has 2 N–H and O–H groups in total. The van der Waals surface area contributed by atoms with Crippen molar-refractivity contribution >= 4 is 33.3 Å². The molecule has 3 aromatic carbocycles. The molecule has 4 aromatic rings. The zero-order valence-electron chi connectivity index (χ0n) is 21.4. The van der Waals surface area contributed by atoms with Crippen LogP contribution < -0.4 is 15.1 Å². The van der Waals surface area contributed by atoms with Gasteiger partial charge in [-0.3, -0.25) is 9.69 Å². The van der Waals surface area contributed by atoms with Gasteiger partial charge in [-0.15, -0.1) is 0 Å². The van der Waals surface area contributed by atoms with Crippen LogP contribution in [0.4, 0.5) is 10.1 Å². The number of benzene rings is 3. The number of anilines is 1. The van der Waals surface area contributed by atoms with Crippen molar-refractivity contribution < 1.29 is 24.1 Å². The van der Waals surface area contributed by atoms with Crippen LogP contribution in [-0.2, 0) is 0 Å². The number of aromatic nitrogens is 1. The van der Waals surface area contributed by atoms with Gasteiger partial charge in [0.05, 0.1) is 11.2 Å². The summed E-state index contributed by atoms with van der Waals surface area (Å²) in [5, 5.41) is 22.3. The lowest BCUT2D eigenvalue weighted by Gasteiger charge is -2.37. The smallest absolute Gasteiger partial charge is 0.341 e. The maximum absolute atomic E-state index is 15.2. The second-order valence-corrected chi connectivity index (χ2v) is 10.4. The summed E-state index contributed by atoms with van der Waals surface area (Å²) >= 11 is 0. The number of halogens is 1. The zero-order chi connectivity index (χ0) is 27.1. The third kappa shape index (κ3) is 5.20. The van der Waals surface area contributed by atoms with Crippen LogP contribution in [0.15, 0.2) is 65.6 Å². The van der Waals surface area contributed by atoms with Gasteiger partial charge < -0.3 is 24.4 Å². The van der Waals surface area contributed by atoms with E-state index < -0.39 is 23.3 Å². The Labute approximate surface area is 224 Å². The fourth-order valence-electron chi connectivity index (χ4n) is 5.38. The lowest BCUT2D eigenvalue weighted by molar-refractivity contribution is 0.0663. The first-order valence-electron chi connectivity index (χ1n) is 13.3. The molecule has 2 fully saturated rings. The van der Waals surface area contributed by atoms with Crippen LogP contribution in [-0.4, -0.2) is 71.1 Å². The minimum Gasteiger partial charge on any atom is -0.491 e. The van der Waals surface area contributed by atoms with Crippen molar-refractivity contribution in [3.8, 4) is 5.75 Å². The number of aliphatic hydroxyl groups excluding tert-OH is 1. The SMILES string of the molecule is O=C(O)c1cn(C2CC2)c2cc(N3CCN(CC(O)COc4ccc5ccccc5c4)CC3)c(F)cc2c1=O. The number of nitrogens with zero attached hydrogens (tertiary/aromatic N) is 3. The highest BCUT2D eigenvalue weighted by atomic mass is 19.1. The van der Waals surface area contributed by atoms with Crippen LogP contribution in [0.1, 0.15) is 29.2 Å². The van der Waals surface area contributed by atoms with Gasteiger partial charge in [-0.2, -0.15) is 0 Å². The molecular weight excluding hydrogens is 501 g/mol. The summed E-state index contributed by atoms with van der Waals surface area (Å²) in [7, 11) is 0. The van der Waals surface area contributed by atoms with Crippen molar-refractivity contribution in [1.29, 1.82) is 0 Å². The molecule has 202 valence electrons. The minimum atomic E-state index is -1.30. The number of hydrogen-bond acceptors (Lipinski definition) is 6. The first-order chi connectivity index (χ1) is 18.9. The zero-order valence-corrected chi connectivity index (χ0v) is 21.4. The molecule has 2 heterocycles. The van der Waals surface area contributed by atoms with E-state index >= 15 is 4.39 Å². The van der Waals surface area contributed by atoms with E-state index in [-0.39, 0.29) is 23.6 Å². The number of ether oxygens (including phenoxy) is 1. The predicted molar refractivity (Wildman–Crippen MR) is 147 cm³/mol. The monoisotopic (exact) mass is 531 g/mol. The third-order valence-corrected chi connectivity index (χ3v) is 7.62. The lowest BCUT2D eigenvalue weighted by atomic mass is 10.1. The normalized spacial score (nSPS) is 17.0. The molecule has 6 rings (SSSR count). The summed E-state index contributed by atoms with van der Waals surface area (Å²) in [6, 6.07) is 16.9. The summed E-state index contributed by atoms with van der Waals surface area (Å²) < 4.78 is 22.9. The Morgan fingerprint density at radius 1 is 1.03 bits per heavy atom. The molecule has 1 aliphatic carbocycles. The number of carbonyl (C=O) groups is 1. The Kier molecular flexibility index (Phi) is 6.70. The van der Waals surface area contributed by atoms with Crippen molar-refractivity contribution in [2.75, 3.05) is 44.2 Å². The number of aromatic carboxylic acids is 1. The van der Waals surface area contributed by atoms with Gasteiger partial charge in [-0.25, -0.2) is 9.18 Å². The summed E-state index contributed by atoms with van der Waals surface area (Å²) in [4.78, 5) is 28.4. The van der Waals surface area contributed by atoms with Crippen molar-refractivity contribution in [2.45, 2.75) is 25.0 Å². The fourth-order valence-corrected chi connectivity index (χ4v) is 5.38. The Bertz CT molecular complexity index is 1610. The summed E-state index contributed by atoms with van der Waals surface area (Å²) in [5.74, 6) is -1.13. The van der Waals surface area contributed by atoms with E-state index in [9.17, 15) is 19.8 Å². The Hall–Kier alpha value is -3.95. The lowest BCUT2D eigenvalue weighted by Crippen LogP contribution is -2.49. The molecule has 1 unspecified atom stereocenters. The van der Waals surface area contributed by atoms with E-state index in [4.69, 9.17) is 4.74 Å². The van der Waals surface area contributed by atoms with Gasteiger partial charge in [0.15, 0.2) is 0 Å². The molecule has 1 saturated carbocycles. The van der Waals surface area contributed by atoms with Crippen LogP contribution in [0.2, 0.25) is 0 Å². The summed E-state index contributed by atoms with van der Waals surface area (Å²) in [6.45, 7) is 3.01. The number of β-amino-alcohol motifs (C(OH)–C–C–N with tert-alkyl or cyclic N) is 1. The van der Waals surface area contributed by atoms with E-state index in [1.165, 1.54) is 12.3 Å². The third-order valence-electron chi connectivity index (χ3n) is 7.62. The average molecular weight is 532 g/mol. The van der Waals surface area contributed by atoms with Crippen LogP contribution >= 0.6 is 0 Å². The molecule has 8 nitrogen and oxygen atoms in total. The van der Waals surface area contributed by atoms with E-state index in [0.29, 0.717) is 49.7 Å². The summed E-state index contributed by atoms with van der Waals surface area (Å²) in [5.41, 5.74) is -0.0327. The van der Waals surface area contributed by atoms with Crippen molar-refractivity contribution in [3.63, 3.8) is 0 Å². The van der Waals surface area contributed by atoms with Gasteiger partial charge in [0.25, 0.3) is 0 Å². The highest BCUT2D eigenvalue weighted by molar-refractivity contribution is 5.93. The topological polar surface area (TPSA) is 95.2 Å². The van der Waals surface area contributed by atoms with Crippen LogP contribution in [0.3, 0.4) is 0 Å². The number of hydrogen-bond donors (Lipinski definition) is 2. The maximum Gasteiger partial charge on any atom is 0.341 e. The number of rotatable bonds is 8. The maximum atomic E-state index is 15.2. The van der Waals surface area contributed by atoms with Gasteiger partial charge in [0, 0.05) is 50.3 Å². The highest BCUT2D eigenvalue weighted by Crippen LogP contribution is 2.38. The molecule has 2 aliphatic rings. The van der Waals surface area contributed by atoms with Crippen molar-refractivity contribution in [1.82, 2.24) is 9.47 Å². The largest absolute Gasteiger partial charge is 0.491 e. The number of pyridine rings is 1. The number of piperazine rings is 1. The van der Waals surface area contributed by atoms with Gasteiger partial charge >= 0.3 is 5.97 Å². The molecule has 0 amide bonds. The van der Waals surface area contributed by atoms with E-state index in [2.05, 4.69) is 4.90 Å². The first-order valence-corrected chi connectivity index (χ1v) is 13.3. The molecule has 0 bridgehead atoms. The fraction of sp³-hybridized carbons (Fsp3) is 0.333. The molecule has 1 aromatic heterocycles. The Balaban J connectivity index is 1.10. The van der Waals surface area contributed by atoms with E-state index in [0.717, 1.165) is 23.6 Å². The van der Waals surface area contributed by atoms with E-state index in [1.54, 1.807) is 6.07 Å². The molecule has 39 heavy (non-hydrogen) atoms. The quantitative estimate of drug-likeness (QED) is 0.356. The van der Waals surface area contributed by atoms with Crippen LogP contribution in [0.25, 0.3) is 21.7 Å². The van der Waals surface area contributed by atoms with Crippen LogP contribution in [0, 0.1) is 5.82 Å². The molecule has 0 spiro atoms. The Morgan fingerprint density at radius 3 is 2.49 bits per heavy atom. The minimum absolute atomic E-state index is 0.0937. The first kappa shape index (κ1) is 25.3. The predicted octanol–water partition coefficient (Wildman–Crippen LogP) is 3.89. The summed E-state index contributed by atoms with van der Waals surface area (Å²) in [6.07, 6.45) is 2.52. The average Bonchev–Trinajstić information content (AvgIpc) is 3.78. The molecule has 1 atom stereocenters. The van der Waals surface area contributed by atoms with Crippen molar-refractivity contribution in [3.05, 3.63) is 82.4 Å². The second-order valence-electron chi connectivity index (χ2n) is 10.4. The molecule has 0 radical (unpaired) electrons. The van der Waals surface area contributed by atoms with Gasteiger partial charge in [0.1, 0.15) is 29.8 Å². The van der Waals surface area contributed by atoms with E-state index in [1.807, 2.05) is 51.9 Å². The standard InChI is InChI=1S/C30H30FN3O5/c31-26-14-24-27(34(21-6-7-21)17-25(29(24)36)30(37)38)15-28(26)33-11-9-32(10-12-33)16-22(35)18-39-23-8-5-19-3-1-2-4-20(19)13-23/h1-5,8,13-15,17,21-22,35H,6-7,9-12,16,18H2,(H,37,38). The van der Waals surface area contributed by atoms with Crippen molar-refractivity contribution in [2.24, 2.45) is 0 Å². The molecular formula is C30H30FN3O5. The number of aliphatic hydroxyl groups is 1. The molecule has 9 heteroatoms.